The second kappa shape index (κ2) is 7.70. The molecule has 0 saturated heterocycles. The van der Waals surface area contributed by atoms with Crippen molar-refractivity contribution in [3.8, 4) is 11.3 Å². The number of amides is 1. The average Bonchev–Trinajstić information content (AvgIpc) is 2.69. The fraction of sp³-hybridized carbons (Fsp3) is 0.0500. The number of primary amides is 1. The van der Waals surface area contributed by atoms with Crippen LogP contribution in [-0.4, -0.2) is 15.9 Å². The van der Waals surface area contributed by atoms with Gasteiger partial charge in [0.2, 0.25) is 5.91 Å². The summed E-state index contributed by atoms with van der Waals surface area (Å²) in [6.07, 6.45) is -2.64. The molecule has 148 valence electrons. The van der Waals surface area contributed by atoms with Crippen molar-refractivity contribution < 1.29 is 22.4 Å². The van der Waals surface area contributed by atoms with Crippen LogP contribution < -0.4 is 11.1 Å². The molecule has 3 N–H and O–H groups in total. The molecule has 3 aromatic rings. The highest BCUT2D eigenvalue weighted by atomic mass is 19.4. The van der Waals surface area contributed by atoms with E-state index in [0.29, 0.717) is 34.8 Å². The minimum absolute atomic E-state index is 0.0626. The molecule has 0 atom stereocenters. The number of halogens is 4. The summed E-state index contributed by atoms with van der Waals surface area (Å²) in [6, 6.07) is 10.0. The van der Waals surface area contributed by atoms with Crippen LogP contribution in [0.3, 0.4) is 0 Å². The molecule has 0 fully saturated rings. The minimum atomic E-state index is -4.71. The molecule has 2 aromatic heterocycles. The zero-order valence-corrected chi connectivity index (χ0v) is 14.8. The molecule has 0 aliphatic rings. The third-order valence-corrected chi connectivity index (χ3v) is 4.03. The van der Waals surface area contributed by atoms with Crippen molar-refractivity contribution in [1.29, 1.82) is 0 Å². The number of nitrogens with two attached hydrogens (primary N) is 1. The average molecular weight is 402 g/mol. The number of carbonyl (C=O) groups excluding carboxylic acids is 1. The Kier molecular flexibility index (Phi) is 5.31. The minimum Gasteiger partial charge on any atom is -0.366 e. The number of nitrogens with one attached hydrogen (secondary N) is 1. The van der Waals surface area contributed by atoms with Crippen LogP contribution in [0, 0.1) is 5.82 Å². The molecule has 0 radical (unpaired) electrons. The predicted octanol–water partition coefficient (Wildman–Crippen LogP) is 4.54. The monoisotopic (exact) mass is 402 g/mol. The van der Waals surface area contributed by atoms with Gasteiger partial charge in [0.05, 0.1) is 11.3 Å². The van der Waals surface area contributed by atoms with E-state index in [1.807, 2.05) is 0 Å². The van der Waals surface area contributed by atoms with Crippen molar-refractivity contribution in [1.82, 2.24) is 9.97 Å². The summed E-state index contributed by atoms with van der Waals surface area (Å²) in [4.78, 5) is 19.2. The first-order valence-corrected chi connectivity index (χ1v) is 8.21. The van der Waals surface area contributed by atoms with Crippen LogP contribution in [0.2, 0.25) is 0 Å². The van der Waals surface area contributed by atoms with Gasteiger partial charge in [0, 0.05) is 29.2 Å². The van der Waals surface area contributed by atoms with E-state index in [4.69, 9.17) is 5.73 Å². The third kappa shape index (κ3) is 4.40. The van der Waals surface area contributed by atoms with E-state index in [1.165, 1.54) is 18.3 Å². The first-order valence-electron chi connectivity index (χ1n) is 8.21. The zero-order chi connectivity index (χ0) is 21.2. The highest BCUT2D eigenvalue weighted by Gasteiger charge is 2.32. The number of pyridine rings is 2. The molecule has 0 bridgehead atoms. The molecular weight excluding hydrogens is 388 g/mol. The largest absolute Gasteiger partial charge is 0.417 e. The van der Waals surface area contributed by atoms with Gasteiger partial charge in [-0.05, 0) is 35.9 Å². The zero-order valence-electron chi connectivity index (χ0n) is 14.8. The van der Waals surface area contributed by atoms with Crippen molar-refractivity contribution in [2.45, 2.75) is 6.18 Å². The maximum atomic E-state index is 14.2. The SMILES string of the molecule is C=C(C(N)=O)c1ccc(Nc2ncc(C(F)(F)F)cc2F)c(-c2ccccn2)c1. The van der Waals surface area contributed by atoms with Crippen molar-refractivity contribution in [2.75, 3.05) is 5.32 Å². The molecule has 1 aromatic carbocycles. The maximum absolute atomic E-state index is 14.2. The topological polar surface area (TPSA) is 80.9 Å². The molecule has 0 unspecified atom stereocenters. The van der Waals surface area contributed by atoms with E-state index < -0.39 is 29.3 Å². The van der Waals surface area contributed by atoms with Crippen LogP contribution >= 0.6 is 0 Å². The van der Waals surface area contributed by atoms with Crippen LogP contribution in [0.4, 0.5) is 29.1 Å². The summed E-state index contributed by atoms with van der Waals surface area (Å²) < 4.78 is 52.3. The van der Waals surface area contributed by atoms with E-state index in [1.54, 1.807) is 24.3 Å². The Morgan fingerprint density at radius 3 is 2.45 bits per heavy atom. The number of alkyl halides is 3. The summed E-state index contributed by atoms with van der Waals surface area (Å²) in [5.41, 5.74) is 5.79. The van der Waals surface area contributed by atoms with Gasteiger partial charge >= 0.3 is 6.18 Å². The number of hydrogen-bond donors (Lipinski definition) is 2. The third-order valence-electron chi connectivity index (χ3n) is 4.03. The van der Waals surface area contributed by atoms with Gasteiger partial charge < -0.3 is 11.1 Å². The number of hydrogen-bond acceptors (Lipinski definition) is 4. The van der Waals surface area contributed by atoms with Crippen molar-refractivity contribution in [2.24, 2.45) is 5.73 Å². The van der Waals surface area contributed by atoms with Crippen LogP contribution in [0.15, 0.2) is 61.4 Å². The van der Waals surface area contributed by atoms with E-state index in [0.717, 1.165) is 0 Å². The van der Waals surface area contributed by atoms with E-state index in [9.17, 15) is 22.4 Å². The number of benzene rings is 1. The van der Waals surface area contributed by atoms with Crippen molar-refractivity contribution >= 4 is 23.0 Å². The highest BCUT2D eigenvalue weighted by Crippen LogP contribution is 2.34. The Morgan fingerprint density at radius 2 is 1.86 bits per heavy atom. The summed E-state index contributed by atoms with van der Waals surface area (Å²) in [6.45, 7) is 3.63. The lowest BCUT2D eigenvalue weighted by Crippen LogP contribution is -2.12. The maximum Gasteiger partial charge on any atom is 0.417 e. The molecule has 3 rings (SSSR count). The van der Waals surface area contributed by atoms with Crippen LogP contribution in [0.1, 0.15) is 11.1 Å². The number of carbonyl (C=O) groups is 1. The Morgan fingerprint density at radius 1 is 1.10 bits per heavy atom. The molecule has 0 aliphatic carbocycles. The summed E-state index contributed by atoms with van der Waals surface area (Å²) in [7, 11) is 0. The molecule has 9 heteroatoms. The Hall–Kier alpha value is -3.75. The van der Waals surface area contributed by atoms with Crippen LogP contribution in [-0.2, 0) is 11.0 Å². The van der Waals surface area contributed by atoms with Gasteiger partial charge in [-0.2, -0.15) is 13.2 Å². The van der Waals surface area contributed by atoms with Crippen LogP contribution in [0.5, 0.6) is 0 Å². The summed E-state index contributed by atoms with van der Waals surface area (Å²) >= 11 is 0. The van der Waals surface area contributed by atoms with Gasteiger partial charge in [0.15, 0.2) is 11.6 Å². The standard InChI is InChI=1S/C20H14F4N4O/c1-11(18(25)29)12-5-6-17(14(8-12)16-4-2-3-7-26-16)28-19-15(21)9-13(10-27-19)20(22,23)24/h2-10H,1H2,(H2,25,29)(H,27,28). The van der Waals surface area contributed by atoms with E-state index in [-0.39, 0.29) is 5.57 Å². The second-order valence-corrected chi connectivity index (χ2v) is 6.00. The molecule has 0 aliphatic heterocycles. The van der Waals surface area contributed by atoms with Gasteiger partial charge in [-0.1, -0.05) is 18.7 Å². The molecular formula is C20H14F4N4O. The highest BCUT2D eigenvalue weighted by molar-refractivity contribution is 6.18. The fourth-order valence-corrected chi connectivity index (χ4v) is 2.53. The number of nitrogens with zero attached hydrogens (tertiary/aromatic N) is 2. The smallest absolute Gasteiger partial charge is 0.366 e. The quantitative estimate of drug-likeness (QED) is 0.485. The first-order chi connectivity index (χ1) is 13.7. The number of rotatable bonds is 5. The van der Waals surface area contributed by atoms with E-state index >= 15 is 0 Å². The van der Waals surface area contributed by atoms with Gasteiger partial charge in [-0.15, -0.1) is 0 Å². The Labute approximate surface area is 162 Å². The van der Waals surface area contributed by atoms with Gasteiger partial charge in [0.1, 0.15) is 0 Å². The van der Waals surface area contributed by atoms with Gasteiger partial charge in [-0.3, -0.25) is 9.78 Å². The molecule has 0 spiro atoms. The molecule has 1 amide bonds. The fourth-order valence-electron chi connectivity index (χ4n) is 2.53. The van der Waals surface area contributed by atoms with Gasteiger partial charge in [-0.25, -0.2) is 9.37 Å². The summed E-state index contributed by atoms with van der Waals surface area (Å²) in [5, 5.41) is 2.67. The Balaban J connectivity index is 2.05. The van der Waals surface area contributed by atoms with E-state index in [2.05, 4.69) is 21.9 Å². The van der Waals surface area contributed by atoms with Gasteiger partial charge in [0.25, 0.3) is 0 Å². The Bertz CT molecular complexity index is 1080. The lowest BCUT2D eigenvalue weighted by atomic mass is 10.00. The molecule has 0 saturated carbocycles. The lowest BCUT2D eigenvalue weighted by Gasteiger charge is -2.15. The van der Waals surface area contributed by atoms with Crippen LogP contribution in [0.25, 0.3) is 16.8 Å². The number of anilines is 2. The second-order valence-electron chi connectivity index (χ2n) is 6.00. The molecule has 5 nitrogen and oxygen atoms in total. The number of aromatic nitrogens is 2. The normalized spacial score (nSPS) is 11.2. The lowest BCUT2D eigenvalue weighted by molar-refractivity contribution is -0.138. The predicted molar refractivity (Wildman–Crippen MR) is 100 cm³/mol. The molecule has 29 heavy (non-hydrogen) atoms. The van der Waals surface area contributed by atoms with Crippen molar-refractivity contribution in [3.05, 3.63) is 78.4 Å². The first kappa shape index (κ1) is 20.0. The van der Waals surface area contributed by atoms with Crippen molar-refractivity contribution in [3.63, 3.8) is 0 Å². The molecule has 2 heterocycles. The summed E-state index contributed by atoms with van der Waals surface area (Å²) in [5.74, 6) is -2.28.